The summed E-state index contributed by atoms with van der Waals surface area (Å²) in [5.74, 6) is -2.25. The largest absolute Gasteiger partial charge is 0.472 e. The van der Waals surface area contributed by atoms with E-state index in [1.54, 1.807) is 0 Å². The summed E-state index contributed by atoms with van der Waals surface area (Å²) < 4.78 is 68.6. The quantitative estimate of drug-likeness (QED) is 0.0169. The van der Waals surface area contributed by atoms with Gasteiger partial charge >= 0.3 is 39.5 Å². The Bertz CT molecular complexity index is 2350. The molecule has 0 amide bonds. The third kappa shape index (κ3) is 76.2. The zero-order valence-electron chi connectivity index (χ0n) is 65.9. The standard InChI is InChI=1S/C85H150O17P2/c1-5-9-13-17-21-25-29-33-37-39-43-47-51-55-59-63-67-71-84(89)101-80(75-95-82(87)69-65-61-57-53-49-45-41-35-31-27-23-19-15-11-7-3)77-99-103(91,92)97-73-79(86)74-98-104(93,94)100-78-81(76-96-83(88)70-66-62-58-54-50-46-42-36-32-28-24-20-16-12-8-4)102-85(90)72-68-64-60-56-52-48-44-40-38-34-30-26-22-18-14-10-6-2/h21,23-25,27-28,33,35-37,41-43,47,55,59,79-81,86H,5-20,22,26,29-32,34,38-40,44-46,48-54,56-58,60-78H2,1-4H3,(H,91,92)(H,93,94)/b25-21-,27-23-,28-24-,37-33-,41-35-,42-36-,47-43-,59-55-/t79-,80+,81+/m0/s1. The van der Waals surface area contributed by atoms with Crippen LogP contribution >= 0.6 is 15.6 Å². The summed E-state index contributed by atoms with van der Waals surface area (Å²) in [4.78, 5) is 73.1. The van der Waals surface area contributed by atoms with Gasteiger partial charge in [0.1, 0.15) is 19.3 Å². The van der Waals surface area contributed by atoms with Crippen LogP contribution in [0.5, 0.6) is 0 Å². The van der Waals surface area contributed by atoms with Crippen LogP contribution in [0.1, 0.15) is 362 Å². The van der Waals surface area contributed by atoms with Crippen LogP contribution < -0.4 is 0 Å². The first kappa shape index (κ1) is 100.0. The number of aliphatic hydroxyl groups is 1. The highest BCUT2D eigenvalue weighted by molar-refractivity contribution is 7.47. The number of carbonyl (C=O) groups excluding carboxylic acids is 4. The lowest BCUT2D eigenvalue weighted by Crippen LogP contribution is -2.30. The fourth-order valence-electron chi connectivity index (χ4n) is 11.2. The Labute approximate surface area is 633 Å². The summed E-state index contributed by atoms with van der Waals surface area (Å²) in [6, 6.07) is 0. The zero-order valence-corrected chi connectivity index (χ0v) is 67.7. The number of phosphoric ester groups is 2. The van der Waals surface area contributed by atoms with Gasteiger partial charge in [-0.3, -0.25) is 37.3 Å². The molecule has 0 aliphatic rings. The topological polar surface area (TPSA) is 237 Å². The summed E-state index contributed by atoms with van der Waals surface area (Å²) in [5, 5.41) is 10.7. The lowest BCUT2D eigenvalue weighted by atomic mass is 10.0. The third-order valence-corrected chi connectivity index (χ3v) is 19.4. The predicted octanol–water partition coefficient (Wildman–Crippen LogP) is 24.3. The summed E-state index contributed by atoms with van der Waals surface area (Å²) in [6.07, 6.45) is 82.4. The minimum Gasteiger partial charge on any atom is -0.462 e. The lowest BCUT2D eigenvalue weighted by molar-refractivity contribution is -0.161. The number of rotatable bonds is 78. The Balaban J connectivity index is 5.42. The van der Waals surface area contributed by atoms with Gasteiger partial charge < -0.3 is 33.8 Å². The monoisotopic (exact) mass is 1510 g/mol. The molecule has 0 fully saturated rings. The van der Waals surface area contributed by atoms with Crippen molar-refractivity contribution in [2.45, 2.75) is 380 Å². The van der Waals surface area contributed by atoms with E-state index in [4.69, 9.17) is 37.0 Å². The van der Waals surface area contributed by atoms with Crippen molar-refractivity contribution >= 4 is 39.5 Å². The Morgan fingerprint density at radius 2 is 0.481 bits per heavy atom. The molecule has 0 spiro atoms. The fourth-order valence-corrected chi connectivity index (χ4v) is 12.7. The van der Waals surface area contributed by atoms with Crippen molar-refractivity contribution in [1.82, 2.24) is 0 Å². The zero-order chi connectivity index (χ0) is 76.0. The molecule has 17 nitrogen and oxygen atoms in total. The molecule has 2 unspecified atom stereocenters. The minimum atomic E-state index is -4.99. The molecular formula is C85H150O17P2. The molecule has 0 aromatic rings. The van der Waals surface area contributed by atoms with Gasteiger partial charge in [0.05, 0.1) is 26.4 Å². The molecule has 602 valence electrons. The SMILES string of the molecule is CCCCC/C=C\C/C=C\C/C=C\C/C=C\CCCC(=O)O[C@H](COC(=O)CCCCCCC/C=C\C/C=C\CCCCC)COP(=O)(O)OC[C@H](O)COP(=O)(O)OC[C@@H](COC(=O)CCCCCCC/C=C\C/C=C\CCCCC)OC(=O)CCCCCCCCCCCCCCCCCCC. The number of esters is 4. The second kappa shape index (κ2) is 77.1. The van der Waals surface area contributed by atoms with Crippen molar-refractivity contribution in [2.24, 2.45) is 0 Å². The highest BCUT2D eigenvalue weighted by Gasteiger charge is 2.30. The molecule has 0 radical (unpaired) electrons. The summed E-state index contributed by atoms with van der Waals surface area (Å²) in [6.45, 7) is 4.76. The lowest BCUT2D eigenvalue weighted by Gasteiger charge is -2.21. The van der Waals surface area contributed by atoms with E-state index in [1.165, 1.54) is 135 Å². The van der Waals surface area contributed by atoms with Crippen molar-refractivity contribution in [3.05, 3.63) is 97.2 Å². The van der Waals surface area contributed by atoms with E-state index in [1.807, 2.05) is 12.2 Å². The first-order valence-electron chi connectivity index (χ1n) is 41.5. The molecule has 0 bridgehead atoms. The highest BCUT2D eigenvalue weighted by Crippen LogP contribution is 2.45. The molecule has 0 saturated heterocycles. The van der Waals surface area contributed by atoms with Crippen LogP contribution in [0.3, 0.4) is 0 Å². The molecule has 3 N–H and O–H groups in total. The minimum absolute atomic E-state index is 0.0163. The summed E-state index contributed by atoms with van der Waals surface area (Å²) in [5.41, 5.74) is 0. The normalized spacial score (nSPS) is 14.3. The van der Waals surface area contributed by atoms with Crippen LogP contribution in [0.2, 0.25) is 0 Å². The molecule has 0 heterocycles. The molecule has 0 saturated carbocycles. The van der Waals surface area contributed by atoms with Gasteiger partial charge in [-0.1, -0.05) is 305 Å². The first-order valence-corrected chi connectivity index (χ1v) is 44.5. The van der Waals surface area contributed by atoms with Gasteiger partial charge in [-0.15, -0.1) is 0 Å². The molecule has 19 heteroatoms. The first-order chi connectivity index (χ1) is 50.7. The molecule has 0 aliphatic carbocycles. The van der Waals surface area contributed by atoms with Crippen LogP contribution in [0.15, 0.2) is 97.2 Å². The molecule has 0 aliphatic heterocycles. The van der Waals surface area contributed by atoms with Crippen molar-refractivity contribution in [3.63, 3.8) is 0 Å². The maximum atomic E-state index is 13.1. The van der Waals surface area contributed by atoms with Crippen LogP contribution in [-0.2, 0) is 65.4 Å². The molecule has 0 aromatic heterocycles. The van der Waals surface area contributed by atoms with Gasteiger partial charge in [0.15, 0.2) is 12.2 Å². The second-order valence-electron chi connectivity index (χ2n) is 27.7. The third-order valence-electron chi connectivity index (χ3n) is 17.5. The number of unbranched alkanes of at least 4 members (excludes halogenated alkanes) is 36. The maximum absolute atomic E-state index is 13.1. The Hall–Kier alpha value is -4.02. The number of hydrogen-bond donors (Lipinski definition) is 3. The number of aliphatic hydroxyl groups excluding tert-OH is 1. The van der Waals surface area contributed by atoms with E-state index in [0.717, 1.165) is 141 Å². The molecule has 0 aromatic carbocycles. The molecular weight excluding hydrogens is 1350 g/mol. The van der Waals surface area contributed by atoms with Crippen LogP contribution in [0.4, 0.5) is 0 Å². The van der Waals surface area contributed by atoms with Crippen molar-refractivity contribution in [2.75, 3.05) is 39.6 Å². The Morgan fingerprint density at radius 3 is 0.779 bits per heavy atom. The van der Waals surface area contributed by atoms with E-state index in [0.29, 0.717) is 32.1 Å². The Morgan fingerprint density at radius 1 is 0.269 bits per heavy atom. The molecule has 0 rings (SSSR count). The maximum Gasteiger partial charge on any atom is 0.472 e. The predicted molar refractivity (Wildman–Crippen MR) is 427 cm³/mol. The average Bonchev–Trinajstić information content (AvgIpc) is 0.907. The van der Waals surface area contributed by atoms with Crippen molar-refractivity contribution < 1.29 is 80.2 Å². The Kier molecular flexibility index (Phi) is 74.2. The van der Waals surface area contributed by atoms with Gasteiger partial charge in [0, 0.05) is 25.7 Å². The fraction of sp³-hybridized carbons (Fsp3) is 0.765. The second-order valence-corrected chi connectivity index (χ2v) is 30.6. The van der Waals surface area contributed by atoms with E-state index < -0.39 is 97.5 Å². The van der Waals surface area contributed by atoms with Gasteiger partial charge in [-0.2, -0.15) is 0 Å². The van der Waals surface area contributed by atoms with Crippen LogP contribution in [0.25, 0.3) is 0 Å². The molecule has 5 atom stereocenters. The number of allylic oxidation sites excluding steroid dienone is 16. The van der Waals surface area contributed by atoms with Crippen LogP contribution in [-0.4, -0.2) is 96.7 Å². The van der Waals surface area contributed by atoms with Crippen LogP contribution in [0, 0.1) is 0 Å². The number of ether oxygens (including phenoxy) is 4. The van der Waals surface area contributed by atoms with Crippen molar-refractivity contribution in [3.8, 4) is 0 Å². The number of carbonyl (C=O) groups is 4. The van der Waals surface area contributed by atoms with E-state index in [2.05, 4.69) is 113 Å². The van der Waals surface area contributed by atoms with Gasteiger partial charge in [0.25, 0.3) is 0 Å². The summed E-state index contributed by atoms with van der Waals surface area (Å²) >= 11 is 0. The average molecular weight is 1510 g/mol. The van der Waals surface area contributed by atoms with Gasteiger partial charge in [-0.05, 0) is 128 Å². The van der Waals surface area contributed by atoms with E-state index >= 15 is 0 Å². The molecule has 104 heavy (non-hydrogen) atoms. The highest BCUT2D eigenvalue weighted by atomic mass is 31.2. The number of phosphoric acid groups is 2. The van der Waals surface area contributed by atoms with Gasteiger partial charge in [-0.25, -0.2) is 9.13 Å². The smallest absolute Gasteiger partial charge is 0.462 e. The van der Waals surface area contributed by atoms with Gasteiger partial charge in [0.2, 0.25) is 0 Å². The van der Waals surface area contributed by atoms with E-state index in [9.17, 15) is 43.2 Å². The summed E-state index contributed by atoms with van der Waals surface area (Å²) in [7, 11) is -9.98. The number of hydrogen-bond acceptors (Lipinski definition) is 15. The van der Waals surface area contributed by atoms with Crippen molar-refractivity contribution in [1.29, 1.82) is 0 Å². The van der Waals surface area contributed by atoms with E-state index in [-0.39, 0.29) is 25.7 Å².